The highest BCUT2D eigenvalue weighted by molar-refractivity contribution is 5.75. The molecule has 0 amide bonds. The summed E-state index contributed by atoms with van der Waals surface area (Å²) in [5.41, 5.74) is 10.3. The van der Waals surface area contributed by atoms with E-state index in [9.17, 15) is 4.79 Å². The molecule has 0 saturated carbocycles. The van der Waals surface area contributed by atoms with E-state index >= 15 is 0 Å². The van der Waals surface area contributed by atoms with E-state index in [1.807, 2.05) is 4.90 Å². The summed E-state index contributed by atoms with van der Waals surface area (Å²) < 4.78 is 0. The fourth-order valence-electron chi connectivity index (χ4n) is 1.49. The SMILES string of the molecule is NC(N)=NCCCC[C@@H](C(=O)O)N1CC1. The van der Waals surface area contributed by atoms with E-state index in [0.29, 0.717) is 13.0 Å². The normalized spacial score (nSPS) is 17.1. The topological polar surface area (TPSA) is 105 Å². The van der Waals surface area contributed by atoms with Crippen molar-refractivity contribution < 1.29 is 9.90 Å². The Hall–Kier alpha value is -1.30. The average molecular weight is 214 g/mol. The van der Waals surface area contributed by atoms with Crippen LogP contribution in [-0.2, 0) is 4.79 Å². The molecule has 1 fully saturated rings. The van der Waals surface area contributed by atoms with Gasteiger partial charge < -0.3 is 16.6 Å². The maximum absolute atomic E-state index is 10.8. The van der Waals surface area contributed by atoms with Crippen LogP contribution in [0.15, 0.2) is 4.99 Å². The molecule has 1 atom stereocenters. The van der Waals surface area contributed by atoms with Gasteiger partial charge in [0.25, 0.3) is 0 Å². The van der Waals surface area contributed by atoms with E-state index in [-0.39, 0.29) is 12.0 Å². The number of rotatable bonds is 7. The van der Waals surface area contributed by atoms with Gasteiger partial charge in [-0.05, 0) is 19.3 Å². The minimum atomic E-state index is -0.727. The second-order valence-corrected chi connectivity index (χ2v) is 3.69. The summed E-state index contributed by atoms with van der Waals surface area (Å²) in [4.78, 5) is 16.6. The van der Waals surface area contributed by atoms with Crippen molar-refractivity contribution in [1.82, 2.24) is 4.90 Å². The first-order valence-electron chi connectivity index (χ1n) is 5.13. The molecule has 6 heteroatoms. The third-order valence-electron chi connectivity index (χ3n) is 2.39. The standard InChI is InChI=1S/C9H18N4O2/c10-9(11)12-4-2-1-3-7(8(14)15)13-5-6-13/h7H,1-6H2,(H,14,15)(H4,10,11,12)/t7-/m0/s1. The molecule has 15 heavy (non-hydrogen) atoms. The van der Waals surface area contributed by atoms with Crippen LogP contribution in [0.4, 0.5) is 0 Å². The minimum absolute atomic E-state index is 0.0933. The van der Waals surface area contributed by atoms with Crippen molar-refractivity contribution in [3.8, 4) is 0 Å². The number of carboxylic acid groups (broad SMARTS) is 1. The quantitative estimate of drug-likeness (QED) is 0.223. The van der Waals surface area contributed by atoms with Gasteiger partial charge >= 0.3 is 5.97 Å². The van der Waals surface area contributed by atoms with Crippen LogP contribution in [0.5, 0.6) is 0 Å². The highest BCUT2D eigenvalue weighted by Gasteiger charge is 2.32. The molecule has 0 unspecified atom stereocenters. The molecule has 0 radical (unpaired) electrons. The summed E-state index contributed by atoms with van der Waals surface area (Å²) in [5.74, 6) is -0.634. The maximum atomic E-state index is 10.8. The number of aliphatic carboxylic acids is 1. The number of carboxylic acids is 1. The number of nitrogens with zero attached hydrogens (tertiary/aromatic N) is 2. The van der Waals surface area contributed by atoms with Crippen LogP contribution in [0.2, 0.25) is 0 Å². The second-order valence-electron chi connectivity index (χ2n) is 3.69. The van der Waals surface area contributed by atoms with Crippen LogP contribution in [0, 0.1) is 0 Å². The molecule has 0 aromatic heterocycles. The lowest BCUT2D eigenvalue weighted by Crippen LogP contribution is -2.28. The first-order chi connectivity index (χ1) is 7.11. The third kappa shape index (κ3) is 4.64. The Labute approximate surface area is 88.9 Å². The number of nitrogens with two attached hydrogens (primary N) is 2. The van der Waals surface area contributed by atoms with E-state index in [0.717, 1.165) is 25.9 Å². The summed E-state index contributed by atoms with van der Waals surface area (Å²) in [6.07, 6.45) is 2.34. The van der Waals surface area contributed by atoms with E-state index in [4.69, 9.17) is 16.6 Å². The van der Waals surface area contributed by atoms with Gasteiger partial charge in [0.1, 0.15) is 6.04 Å². The summed E-state index contributed by atoms with van der Waals surface area (Å²) in [6, 6.07) is -0.316. The van der Waals surface area contributed by atoms with Gasteiger partial charge in [0.05, 0.1) is 0 Å². The van der Waals surface area contributed by atoms with Crippen molar-refractivity contribution in [1.29, 1.82) is 0 Å². The lowest BCUT2D eigenvalue weighted by atomic mass is 10.1. The van der Waals surface area contributed by atoms with Crippen LogP contribution in [0.1, 0.15) is 19.3 Å². The fourth-order valence-corrected chi connectivity index (χ4v) is 1.49. The van der Waals surface area contributed by atoms with Crippen molar-refractivity contribution in [2.45, 2.75) is 25.3 Å². The molecule has 1 saturated heterocycles. The molecule has 0 aromatic rings. The highest BCUT2D eigenvalue weighted by atomic mass is 16.4. The molecule has 86 valence electrons. The maximum Gasteiger partial charge on any atom is 0.320 e. The van der Waals surface area contributed by atoms with Gasteiger partial charge in [-0.2, -0.15) is 0 Å². The molecule has 0 spiro atoms. The Morgan fingerprint density at radius 1 is 1.40 bits per heavy atom. The Morgan fingerprint density at radius 2 is 2.07 bits per heavy atom. The molecular weight excluding hydrogens is 196 g/mol. The second kappa shape index (κ2) is 5.55. The fraction of sp³-hybridized carbons (Fsp3) is 0.778. The van der Waals surface area contributed by atoms with Crippen molar-refractivity contribution in [2.75, 3.05) is 19.6 Å². The number of hydrogen-bond donors (Lipinski definition) is 3. The van der Waals surface area contributed by atoms with Crippen LogP contribution < -0.4 is 11.5 Å². The van der Waals surface area contributed by atoms with Gasteiger partial charge in [-0.25, -0.2) is 0 Å². The van der Waals surface area contributed by atoms with Gasteiger partial charge in [0.2, 0.25) is 0 Å². The van der Waals surface area contributed by atoms with E-state index in [1.165, 1.54) is 0 Å². The van der Waals surface area contributed by atoms with Crippen molar-refractivity contribution >= 4 is 11.9 Å². The number of guanidine groups is 1. The lowest BCUT2D eigenvalue weighted by Gasteiger charge is -2.12. The zero-order valence-corrected chi connectivity index (χ0v) is 8.72. The summed E-state index contributed by atoms with van der Waals surface area (Å²) >= 11 is 0. The predicted molar refractivity (Wildman–Crippen MR) is 57.5 cm³/mol. The minimum Gasteiger partial charge on any atom is -0.480 e. The van der Waals surface area contributed by atoms with Gasteiger partial charge in [-0.1, -0.05) is 0 Å². The van der Waals surface area contributed by atoms with Gasteiger partial charge in [0, 0.05) is 19.6 Å². The lowest BCUT2D eigenvalue weighted by molar-refractivity contribution is -0.141. The first-order valence-corrected chi connectivity index (χ1v) is 5.13. The Kier molecular flexibility index (Phi) is 4.36. The third-order valence-corrected chi connectivity index (χ3v) is 2.39. The Morgan fingerprint density at radius 3 is 2.53 bits per heavy atom. The van der Waals surface area contributed by atoms with Crippen molar-refractivity contribution in [3.63, 3.8) is 0 Å². The molecule has 1 aliphatic heterocycles. The van der Waals surface area contributed by atoms with Crippen LogP contribution >= 0.6 is 0 Å². The number of carbonyl (C=O) groups is 1. The van der Waals surface area contributed by atoms with E-state index < -0.39 is 5.97 Å². The van der Waals surface area contributed by atoms with E-state index in [2.05, 4.69) is 4.99 Å². The van der Waals surface area contributed by atoms with Crippen LogP contribution in [-0.4, -0.2) is 47.6 Å². The molecule has 5 N–H and O–H groups in total. The molecule has 1 aliphatic rings. The van der Waals surface area contributed by atoms with Crippen LogP contribution in [0.25, 0.3) is 0 Å². The number of aliphatic imine (C=N–C) groups is 1. The zero-order valence-electron chi connectivity index (χ0n) is 8.72. The molecule has 6 nitrogen and oxygen atoms in total. The molecule has 0 bridgehead atoms. The van der Waals surface area contributed by atoms with Gasteiger partial charge in [0.15, 0.2) is 5.96 Å². The molecule has 0 aliphatic carbocycles. The molecule has 1 rings (SSSR count). The number of hydrogen-bond acceptors (Lipinski definition) is 3. The average Bonchev–Trinajstić information content (AvgIpc) is 2.93. The largest absolute Gasteiger partial charge is 0.480 e. The zero-order chi connectivity index (χ0) is 11.3. The summed E-state index contributed by atoms with van der Waals surface area (Å²) in [5, 5.41) is 8.92. The van der Waals surface area contributed by atoms with Gasteiger partial charge in [-0.3, -0.25) is 14.7 Å². The molecular formula is C9H18N4O2. The summed E-state index contributed by atoms with van der Waals surface area (Å²) in [7, 11) is 0. The van der Waals surface area contributed by atoms with Crippen molar-refractivity contribution in [3.05, 3.63) is 0 Å². The van der Waals surface area contributed by atoms with E-state index in [1.54, 1.807) is 0 Å². The Bertz CT molecular complexity index is 246. The monoisotopic (exact) mass is 214 g/mol. The highest BCUT2D eigenvalue weighted by Crippen LogP contribution is 2.16. The summed E-state index contributed by atoms with van der Waals surface area (Å²) in [6.45, 7) is 2.39. The smallest absolute Gasteiger partial charge is 0.320 e. The Balaban J connectivity index is 2.12. The van der Waals surface area contributed by atoms with Crippen LogP contribution in [0.3, 0.4) is 0 Å². The predicted octanol–water partition coefficient (Wildman–Crippen LogP) is -0.801. The van der Waals surface area contributed by atoms with Gasteiger partial charge in [-0.15, -0.1) is 0 Å². The molecule has 0 aromatic carbocycles. The first kappa shape index (κ1) is 11.8. The number of unbranched alkanes of at least 4 members (excludes halogenated alkanes) is 1. The molecule has 1 heterocycles. The van der Waals surface area contributed by atoms with Crippen molar-refractivity contribution in [2.24, 2.45) is 16.5 Å².